The van der Waals surface area contributed by atoms with E-state index in [1.807, 2.05) is 4.68 Å². The minimum atomic E-state index is -1.08. The fourth-order valence-corrected chi connectivity index (χ4v) is 3.18. The number of amides is 1. The van der Waals surface area contributed by atoms with Crippen molar-refractivity contribution >= 4 is 17.6 Å². The van der Waals surface area contributed by atoms with E-state index in [-0.39, 0.29) is 36.9 Å². The van der Waals surface area contributed by atoms with E-state index >= 15 is 0 Å². The van der Waals surface area contributed by atoms with E-state index in [1.54, 1.807) is 17.2 Å². The first-order valence-corrected chi connectivity index (χ1v) is 8.67. The molecule has 1 saturated carbocycles. The van der Waals surface area contributed by atoms with Gasteiger partial charge in [-0.15, -0.1) is 0 Å². The fraction of sp³-hybridized carbons (Fsp3) is 0.333. The topological polar surface area (TPSA) is 89.1 Å². The summed E-state index contributed by atoms with van der Waals surface area (Å²) in [5.41, 5.74) is 0.694. The van der Waals surface area contributed by atoms with Crippen molar-refractivity contribution in [3.05, 3.63) is 53.4 Å². The van der Waals surface area contributed by atoms with Gasteiger partial charge in [0.15, 0.2) is 17.5 Å². The first kappa shape index (κ1) is 17.3. The highest BCUT2D eigenvalue weighted by atomic mass is 19.2. The Balaban J connectivity index is 1.46. The molecule has 0 radical (unpaired) electrons. The number of rotatable bonds is 3. The van der Waals surface area contributed by atoms with Crippen molar-refractivity contribution < 1.29 is 13.6 Å². The quantitative estimate of drug-likeness (QED) is 0.640. The van der Waals surface area contributed by atoms with E-state index in [1.165, 1.54) is 11.0 Å². The Hall–Kier alpha value is -3.10. The van der Waals surface area contributed by atoms with E-state index in [0.717, 1.165) is 25.0 Å². The van der Waals surface area contributed by atoms with Crippen LogP contribution in [0.1, 0.15) is 34.9 Å². The van der Waals surface area contributed by atoms with Gasteiger partial charge in [-0.3, -0.25) is 20.3 Å². The van der Waals surface area contributed by atoms with Gasteiger partial charge in [0.2, 0.25) is 0 Å². The smallest absolute Gasteiger partial charge is 0.254 e. The molecule has 9 heteroatoms. The van der Waals surface area contributed by atoms with Crippen LogP contribution in [0.15, 0.2) is 30.5 Å². The number of nitrogens with zero attached hydrogens (tertiary/aromatic N) is 4. The molecule has 140 valence electrons. The lowest BCUT2D eigenvalue weighted by atomic mass is 10.1. The number of piperazine rings is 1. The number of amidine groups is 2. The molecule has 0 spiro atoms. The standard InChI is InChI=1S/C18H18F2N6O/c19-13-4-1-11(9-14(13)20)18(27)24-7-8-25(16(21)10-24)17(22)15-5-6-23-26(15)12-2-3-12/h1,4-6,9,12,21-22H,2-3,7-8,10H2. The van der Waals surface area contributed by atoms with Crippen LogP contribution in [0, 0.1) is 22.5 Å². The number of carbonyl (C=O) groups is 1. The van der Waals surface area contributed by atoms with Gasteiger partial charge in [0.1, 0.15) is 11.5 Å². The molecule has 2 aromatic rings. The molecular weight excluding hydrogens is 354 g/mol. The maximum absolute atomic E-state index is 13.4. The summed E-state index contributed by atoms with van der Waals surface area (Å²) in [6.07, 6.45) is 3.72. The van der Waals surface area contributed by atoms with E-state index < -0.39 is 17.5 Å². The summed E-state index contributed by atoms with van der Waals surface area (Å²) in [5, 5.41) is 21.0. The largest absolute Gasteiger partial charge is 0.329 e. The normalized spacial score (nSPS) is 17.3. The molecular formula is C18H18F2N6O. The van der Waals surface area contributed by atoms with Gasteiger partial charge in [0, 0.05) is 24.8 Å². The van der Waals surface area contributed by atoms with Crippen LogP contribution in [0.2, 0.25) is 0 Å². The number of benzene rings is 1. The van der Waals surface area contributed by atoms with Gasteiger partial charge in [-0.05, 0) is 37.1 Å². The lowest BCUT2D eigenvalue weighted by molar-refractivity contribution is 0.0756. The second-order valence-corrected chi connectivity index (χ2v) is 6.69. The molecule has 1 amide bonds. The average Bonchev–Trinajstić information content (AvgIpc) is 3.39. The predicted octanol–water partition coefficient (Wildman–Crippen LogP) is 2.26. The fourth-order valence-electron chi connectivity index (χ4n) is 3.18. The molecule has 1 saturated heterocycles. The molecule has 2 heterocycles. The van der Waals surface area contributed by atoms with Gasteiger partial charge in [0.25, 0.3) is 5.91 Å². The van der Waals surface area contributed by atoms with Crippen molar-refractivity contribution in [3.63, 3.8) is 0 Å². The summed E-state index contributed by atoms with van der Waals surface area (Å²) in [6, 6.07) is 5.09. The molecule has 4 rings (SSSR count). The molecule has 2 N–H and O–H groups in total. The predicted molar refractivity (Wildman–Crippen MR) is 94.0 cm³/mol. The van der Waals surface area contributed by atoms with Crippen LogP contribution in [0.4, 0.5) is 8.78 Å². The highest BCUT2D eigenvalue weighted by molar-refractivity contribution is 6.08. The van der Waals surface area contributed by atoms with Gasteiger partial charge >= 0.3 is 0 Å². The Bertz CT molecular complexity index is 936. The molecule has 1 aromatic carbocycles. The van der Waals surface area contributed by atoms with Crippen LogP contribution >= 0.6 is 0 Å². The van der Waals surface area contributed by atoms with E-state index in [9.17, 15) is 13.6 Å². The number of halogens is 2. The first-order valence-electron chi connectivity index (χ1n) is 8.67. The van der Waals surface area contributed by atoms with Crippen molar-refractivity contribution in [2.45, 2.75) is 18.9 Å². The van der Waals surface area contributed by atoms with Crippen molar-refractivity contribution in [1.29, 1.82) is 10.8 Å². The van der Waals surface area contributed by atoms with Crippen LogP contribution in [0.25, 0.3) is 0 Å². The molecule has 2 fully saturated rings. The van der Waals surface area contributed by atoms with Gasteiger partial charge in [-0.1, -0.05) is 0 Å². The van der Waals surface area contributed by atoms with Crippen LogP contribution in [-0.2, 0) is 0 Å². The van der Waals surface area contributed by atoms with Gasteiger partial charge < -0.3 is 9.80 Å². The monoisotopic (exact) mass is 372 g/mol. The molecule has 0 bridgehead atoms. The van der Waals surface area contributed by atoms with E-state index in [2.05, 4.69) is 5.10 Å². The minimum absolute atomic E-state index is 0.00221. The third-order valence-electron chi connectivity index (χ3n) is 4.79. The lowest BCUT2D eigenvalue weighted by Crippen LogP contribution is -2.54. The second kappa shape index (κ2) is 6.57. The van der Waals surface area contributed by atoms with Gasteiger partial charge in [-0.2, -0.15) is 5.10 Å². The molecule has 7 nitrogen and oxygen atoms in total. The number of carbonyl (C=O) groups excluding carboxylic acids is 1. The van der Waals surface area contributed by atoms with Crippen molar-refractivity contribution in [2.75, 3.05) is 19.6 Å². The first-order chi connectivity index (χ1) is 13.0. The van der Waals surface area contributed by atoms with Crippen molar-refractivity contribution in [2.24, 2.45) is 0 Å². The van der Waals surface area contributed by atoms with Crippen molar-refractivity contribution in [1.82, 2.24) is 19.6 Å². The molecule has 1 aliphatic carbocycles. The number of hydrogen-bond donors (Lipinski definition) is 2. The Morgan fingerprint density at radius 3 is 2.59 bits per heavy atom. The minimum Gasteiger partial charge on any atom is -0.329 e. The van der Waals surface area contributed by atoms with Gasteiger partial charge in [0.05, 0.1) is 12.6 Å². The second-order valence-electron chi connectivity index (χ2n) is 6.69. The Labute approximate surface area is 154 Å². The third kappa shape index (κ3) is 3.20. The zero-order chi connectivity index (χ0) is 19.1. The van der Waals surface area contributed by atoms with Crippen LogP contribution < -0.4 is 0 Å². The molecule has 1 aromatic heterocycles. The van der Waals surface area contributed by atoms with Crippen LogP contribution in [-0.4, -0.2) is 56.8 Å². The lowest BCUT2D eigenvalue weighted by Gasteiger charge is -2.36. The molecule has 0 atom stereocenters. The highest BCUT2D eigenvalue weighted by Crippen LogP contribution is 2.35. The summed E-state index contributed by atoms with van der Waals surface area (Å²) < 4.78 is 28.3. The Morgan fingerprint density at radius 2 is 1.93 bits per heavy atom. The van der Waals surface area contributed by atoms with Crippen LogP contribution in [0.3, 0.4) is 0 Å². The van der Waals surface area contributed by atoms with E-state index in [0.29, 0.717) is 11.7 Å². The number of nitrogens with one attached hydrogen (secondary N) is 2. The molecule has 1 aliphatic heterocycles. The molecule has 27 heavy (non-hydrogen) atoms. The maximum atomic E-state index is 13.4. The van der Waals surface area contributed by atoms with Gasteiger partial charge in [-0.25, -0.2) is 8.78 Å². The third-order valence-corrected chi connectivity index (χ3v) is 4.79. The Morgan fingerprint density at radius 1 is 1.15 bits per heavy atom. The number of hydrogen-bond acceptors (Lipinski definition) is 4. The van der Waals surface area contributed by atoms with E-state index in [4.69, 9.17) is 10.8 Å². The average molecular weight is 372 g/mol. The van der Waals surface area contributed by atoms with Crippen LogP contribution in [0.5, 0.6) is 0 Å². The summed E-state index contributed by atoms with van der Waals surface area (Å²) in [4.78, 5) is 15.5. The summed E-state index contributed by atoms with van der Waals surface area (Å²) in [6.45, 7) is 0.556. The summed E-state index contributed by atoms with van der Waals surface area (Å²) in [7, 11) is 0. The maximum Gasteiger partial charge on any atom is 0.254 e. The summed E-state index contributed by atoms with van der Waals surface area (Å²) in [5.74, 6) is -2.27. The van der Waals surface area contributed by atoms with Crippen molar-refractivity contribution in [3.8, 4) is 0 Å². The Kier molecular flexibility index (Phi) is 4.21. The molecule has 2 aliphatic rings. The highest BCUT2D eigenvalue weighted by Gasteiger charge is 2.32. The summed E-state index contributed by atoms with van der Waals surface area (Å²) >= 11 is 0. The zero-order valence-corrected chi connectivity index (χ0v) is 14.5. The zero-order valence-electron chi connectivity index (χ0n) is 14.5. The SMILES string of the molecule is N=C1CN(C(=O)c2ccc(F)c(F)c2)CCN1C(=N)c1ccnn1C1CC1. The number of aromatic nitrogens is 2. The molecule has 0 unspecified atom stereocenters.